The molecule has 3 N–H and O–H groups in total. The maximum absolute atomic E-state index is 12.6. The van der Waals surface area contributed by atoms with Gasteiger partial charge in [0.1, 0.15) is 6.61 Å². The number of carbonyl (C=O) groups excluding carboxylic acids is 2. The Balaban J connectivity index is 4.18. The molecule has 0 saturated heterocycles. The molecule has 0 heterocycles. The summed E-state index contributed by atoms with van der Waals surface area (Å²) in [7, 11) is -4.39. The van der Waals surface area contributed by atoms with E-state index in [0.717, 1.165) is 96.3 Å². The zero-order chi connectivity index (χ0) is 43.2. The number of carbonyl (C=O) groups is 2. The molecule has 0 radical (unpaired) electrons. The van der Waals surface area contributed by atoms with Crippen LogP contribution < -0.4 is 5.73 Å². The molecule has 340 valence electrons. The number of ether oxygens (including phenoxy) is 2. The zero-order valence-electron chi connectivity index (χ0n) is 37.5. The van der Waals surface area contributed by atoms with Gasteiger partial charge in [-0.1, -0.05) is 164 Å². The van der Waals surface area contributed by atoms with E-state index in [0.29, 0.717) is 12.8 Å². The molecule has 0 bridgehead atoms. The van der Waals surface area contributed by atoms with Crippen molar-refractivity contribution < 1.29 is 37.6 Å². The highest BCUT2D eigenvalue weighted by molar-refractivity contribution is 7.47. The maximum atomic E-state index is 12.6. The predicted molar refractivity (Wildman–Crippen MR) is 247 cm³/mol. The second-order valence-corrected chi connectivity index (χ2v) is 16.7. The van der Waals surface area contributed by atoms with Crippen LogP contribution in [0.5, 0.6) is 0 Å². The minimum atomic E-state index is -4.39. The van der Waals surface area contributed by atoms with Gasteiger partial charge in [0, 0.05) is 19.4 Å². The van der Waals surface area contributed by atoms with Gasteiger partial charge in [-0.2, -0.15) is 0 Å². The summed E-state index contributed by atoms with van der Waals surface area (Å²) in [5.74, 6) is -0.861. The van der Waals surface area contributed by atoms with Crippen LogP contribution in [0.3, 0.4) is 0 Å². The van der Waals surface area contributed by atoms with Gasteiger partial charge in [-0.25, -0.2) is 4.57 Å². The van der Waals surface area contributed by atoms with Crippen molar-refractivity contribution in [2.45, 2.75) is 200 Å². The average Bonchev–Trinajstić information content (AvgIpc) is 3.22. The van der Waals surface area contributed by atoms with Gasteiger partial charge in [-0.05, 0) is 89.9 Å². The van der Waals surface area contributed by atoms with E-state index in [4.69, 9.17) is 24.3 Å². The number of nitrogens with two attached hydrogens (primary N) is 1. The first-order valence-corrected chi connectivity index (χ1v) is 24.9. The predicted octanol–water partition coefficient (Wildman–Crippen LogP) is 13.8. The van der Waals surface area contributed by atoms with Crippen LogP contribution in [0, 0.1) is 0 Å². The van der Waals surface area contributed by atoms with Crippen LogP contribution in [0.1, 0.15) is 194 Å². The molecule has 0 aliphatic carbocycles. The summed E-state index contributed by atoms with van der Waals surface area (Å²) < 4.78 is 32.8. The number of phosphoric acid groups is 1. The fourth-order valence-electron chi connectivity index (χ4n) is 6.06. The SMILES string of the molecule is CCCCC/C=C\C/C=C\C/C=C\CCCCCCCCC(=O)OCC(COP(=O)(O)OCCN)OC(=O)CCCCCCCC/C=C\C/C=C\C/C=C\CCCCC. The zero-order valence-corrected chi connectivity index (χ0v) is 38.4. The Morgan fingerprint density at radius 3 is 1.31 bits per heavy atom. The molecular weight excluding hydrogens is 762 g/mol. The van der Waals surface area contributed by atoms with Crippen LogP contribution in [0.15, 0.2) is 72.9 Å². The van der Waals surface area contributed by atoms with E-state index in [1.807, 2.05) is 0 Å². The van der Waals surface area contributed by atoms with E-state index >= 15 is 0 Å². The molecule has 0 saturated carbocycles. The minimum absolute atomic E-state index is 0.0455. The van der Waals surface area contributed by atoms with Crippen LogP contribution in [-0.4, -0.2) is 49.3 Å². The van der Waals surface area contributed by atoms with Gasteiger partial charge in [0.15, 0.2) is 6.10 Å². The summed E-state index contributed by atoms with van der Waals surface area (Å²) in [6.07, 6.45) is 54.9. The number of esters is 2. The molecule has 0 aliphatic rings. The lowest BCUT2D eigenvalue weighted by Gasteiger charge is -2.19. The second kappa shape index (κ2) is 45.0. The van der Waals surface area contributed by atoms with Gasteiger partial charge in [-0.3, -0.25) is 18.6 Å². The Hall–Kier alpha value is -2.55. The highest BCUT2D eigenvalue weighted by Crippen LogP contribution is 2.43. The molecular formula is C49H86NO8P. The topological polar surface area (TPSA) is 134 Å². The minimum Gasteiger partial charge on any atom is -0.462 e. The molecule has 0 aromatic carbocycles. The monoisotopic (exact) mass is 848 g/mol. The largest absolute Gasteiger partial charge is 0.472 e. The van der Waals surface area contributed by atoms with Crippen molar-refractivity contribution in [3.63, 3.8) is 0 Å². The average molecular weight is 848 g/mol. The van der Waals surface area contributed by atoms with Crippen molar-refractivity contribution in [3.05, 3.63) is 72.9 Å². The lowest BCUT2D eigenvalue weighted by atomic mass is 10.1. The molecule has 0 aromatic rings. The maximum Gasteiger partial charge on any atom is 0.472 e. The molecule has 0 fully saturated rings. The van der Waals surface area contributed by atoms with Gasteiger partial charge < -0.3 is 20.1 Å². The lowest BCUT2D eigenvalue weighted by molar-refractivity contribution is -0.161. The first kappa shape index (κ1) is 56.5. The fourth-order valence-corrected chi connectivity index (χ4v) is 6.82. The van der Waals surface area contributed by atoms with Crippen molar-refractivity contribution in [3.8, 4) is 0 Å². The Bertz CT molecular complexity index is 1190. The van der Waals surface area contributed by atoms with E-state index in [1.165, 1.54) is 57.8 Å². The summed E-state index contributed by atoms with van der Waals surface area (Å²) in [6.45, 7) is 3.64. The number of allylic oxidation sites excluding steroid dienone is 12. The van der Waals surface area contributed by atoms with Crippen molar-refractivity contribution in [1.82, 2.24) is 0 Å². The van der Waals surface area contributed by atoms with Crippen LogP contribution in [0.4, 0.5) is 0 Å². The van der Waals surface area contributed by atoms with Gasteiger partial charge in [0.2, 0.25) is 0 Å². The number of hydrogen-bond acceptors (Lipinski definition) is 8. The van der Waals surface area contributed by atoms with Crippen molar-refractivity contribution in [2.75, 3.05) is 26.4 Å². The van der Waals surface area contributed by atoms with Crippen LogP contribution in [-0.2, 0) is 32.7 Å². The molecule has 0 rings (SSSR count). The van der Waals surface area contributed by atoms with E-state index in [2.05, 4.69) is 86.8 Å². The normalized spacial score (nSPS) is 13.9. The first-order valence-electron chi connectivity index (χ1n) is 23.4. The molecule has 2 atom stereocenters. The Labute approximate surface area is 361 Å². The van der Waals surface area contributed by atoms with Gasteiger partial charge in [0.25, 0.3) is 0 Å². The van der Waals surface area contributed by atoms with Gasteiger partial charge in [-0.15, -0.1) is 0 Å². The Morgan fingerprint density at radius 1 is 0.508 bits per heavy atom. The number of hydrogen-bond donors (Lipinski definition) is 2. The summed E-state index contributed by atoms with van der Waals surface area (Å²) >= 11 is 0. The Kier molecular flexibility index (Phi) is 43.0. The summed E-state index contributed by atoms with van der Waals surface area (Å²) in [4.78, 5) is 35.0. The number of unbranched alkanes of at least 4 members (excludes halogenated alkanes) is 18. The number of rotatable bonds is 43. The third-order valence-electron chi connectivity index (χ3n) is 9.56. The molecule has 59 heavy (non-hydrogen) atoms. The second-order valence-electron chi connectivity index (χ2n) is 15.3. The van der Waals surface area contributed by atoms with Crippen LogP contribution in [0.2, 0.25) is 0 Å². The third-order valence-corrected chi connectivity index (χ3v) is 10.5. The van der Waals surface area contributed by atoms with Crippen LogP contribution in [0.25, 0.3) is 0 Å². The standard InChI is InChI=1S/C49H86NO8P/c1-3-5-7-9-11-13-15-17-19-21-23-25-27-29-31-33-35-37-39-41-48(51)55-45-47(46-57-59(53,54)56-44-43-50)58-49(52)42-40-38-36-34-32-30-28-26-24-22-20-18-16-14-12-10-8-6-4-2/h11-14,17-20,23-26,47H,3-10,15-16,21-22,27-46,50H2,1-2H3,(H,53,54)/b13-11-,14-12-,19-17-,20-18-,25-23-,26-24-. The molecule has 0 aromatic heterocycles. The van der Waals surface area contributed by atoms with E-state index in [9.17, 15) is 19.0 Å². The highest BCUT2D eigenvalue weighted by Gasteiger charge is 2.26. The molecule has 2 unspecified atom stereocenters. The van der Waals surface area contributed by atoms with Gasteiger partial charge in [0.05, 0.1) is 13.2 Å². The molecule has 0 spiro atoms. The summed E-state index contributed by atoms with van der Waals surface area (Å²) in [5.41, 5.74) is 5.35. The smallest absolute Gasteiger partial charge is 0.462 e. The quantitative estimate of drug-likeness (QED) is 0.0266. The number of phosphoric ester groups is 1. The first-order chi connectivity index (χ1) is 28.8. The molecule has 9 nitrogen and oxygen atoms in total. The van der Waals surface area contributed by atoms with E-state index in [1.54, 1.807) is 0 Å². The van der Waals surface area contributed by atoms with Crippen molar-refractivity contribution >= 4 is 19.8 Å². The van der Waals surface area contributed by atoms with E-state index < -0.39 is 32.5 Å². The molecule has 0 amide bonds. The van der Waals surface area contributed by atoms with Crippen LogP contribution >= 0.6 is 7.82 Å². The summed E-state index contributed by atoms with van der Waals surface area (Å²) in [5, 5.41) is 0. The fraction of sp³-hybridized carbons (Fsp3) is 0.714. The lowest BCUT2D eigenvalue weighted by Crippen LogP contribution is -2.29. The van der Waals surface area contributed by atoms with Crippen molar-refractivity contribution in [2.24, 2.45) is 5.73 Å². The van der Waals surface area contributed by atoms with Gasteiger partial charge >= 0.3 is 19.8 Å². The Morgan fingerprint density at radius 2 is 0.881 bits per heavy atom. The summed E-state index contributed by atoms with van der Waals surface area (Å²) in [6, 6.07) is 0. The van der Waals surface area contributed by atoms with E-state index in [-0.39, 0.29) is 32.6 Å². The molecule has 0 aliphatic heterocycles. The van der Waals surface area contributed by atoms with Crippen molar-refractivity contribution in [1.29, 1.82) is 0 Å². The molecule has 10 heteroatoms. The highest BCUT2D eigenvalue weighted by atomic mass is 31.2. The third kappa shape index (κ3) is 44.8.